The van der Waals surface area contributed by atoms with Crippen LogP contribution in [0.4, 0.5) is 17.1 Å². The van der Waals surface area contributed by atoms with Gasteiger partial charge in [0, 0.05) is 23.2 Å². The second-order valence-electron chi connectivity index (χ2n) is 7.05. The van der Waals surface area contributed by atoms with Crippen LogP contribution in [-0.2, 0) is 0 Å². The minimum Gasteiger partial charge on any atom is -0.321 e. The van der Waals surface area contributed by atoms with Crippen molar-refractivity contribution in [1.29, 1.82) is 0 Å². The van der Waals surface area contributed by atoms with Gasteiger partial charge in [-0.2, -0.15) is 5.10 Å². The summed E-state index contributed by atoms with van der Waals surface area (Å²) in [5, 5.41) is 20.6. The molecule has 0 aliphatic carbocycles. The fourth-order valence-electron chi connectivity index (χ4n) is 3.63. The number of nitro benzene ring substituents is 1. The molecule has 0 saturated carbocycles. The van der Waals surface area contributed by atoms with E-state index in [2.05, 4.69) is 15.5 Å². The van der Waals surface area contributed by atoms with E-state index in [0.717, 1.165) is 4.90 Å². The van der Waals surface area contributed by atoms with Crippen molar-refractivity contribution in [1.82, 2.24) is 10.2 Å². The van der Waals surface area contributed by atoms with Crippen LogP contribution < -0.4 is 10.2 Å². The molecule has 0 unspecified atom stereocenters. The first kappa shape index (κ1) is 19.1. The van der Waals surface area contributed by atoms with Crippen molar-refractivity contribution >= 4 is 45.7 Å². The molecular weight excluding hydrogens is 414 g/mol. The molecule has 1 aromatic heterocycles. The third-order valence-corrected chi connectivity index (χ3v) is 5.13. The van der Waals surface area contributed by atoms with Crippen LogP contribution >= 0.6 is 0 Å². The molecule has 0 atom stereocenters. The highest BCUT2D eigenvalue weighted by Gasteiger charge is 2.36. The van der Waals surface area contributed by atoms with Gasteiger partial charge in [0.15, 0.2) is 5.69 Å². The zero-order valence-electron chi connectivity index (χ0n) is 16.2. The summed E-state index contributed by atoms with van der Waals surface area (Å²) in [7, 11) is 0. The Morgan fingerprint density at radius 3 is 2.38 bits per heavy atom. The van der Waals surface area contributed by atoms with Crippen LogP contribution in [0, 0.1) is 10.1 Å². The van der Waals surface area contributed by atoms with Crippen LogP contribution in [0.1, 0.15) is 31.2 Å². The van der Waals surface area contributed by atoms with Crippen molar-refractivity contribution in [3.63, 3.8) is 0 Å². The smallest absolute Gasteiger partial charge is 0.276 e. The van der Waals surface area contributed by atoms with Gasteiger partial charge in [-0.25, -0.2) is 4.90 Å². The fraction of sp³-hybridized carbons (Fsp3) is 0. The average molecular weight is 427 g/mol. The molecule has 0 fully saturated rings. The van der Waals surface area contributed by atoms with Crippen LogP contribution in [0.3, 0.4) is 0 Å². The first-order valence-electron chi connectivity index (χ1n) is 9.46. The number of non-ortho nitro benzene ring substituents is 1. The molecule has 1 aliphatic heterocycles. The highest BCUT2D eigenvalue weighted by molar-refractivity contribution is 6.34. The van der Waals surface area contributed by atoms with E-state index in [1.165, 1.54) is 24.3 Å². The Bertz CT molecular complexity index is 1420. The normalized spacial score (nSPS) is 12.8. The molecule has 4 aromatic rings. The number of aromatic nitrogens is 2. The Balaban J connectivity index is 1.44. The van der Waals surface area contributed by atoms with Crippen molar-refractivity contribution in [2.45, 2.75) is 0 Å². The number of amides is 3. The summed E-state index contributed by atoms with van der Waals surface area (Å²) in [5.41, 5.74) is 1.55. The Morgan fingerprint density at radius 1 is 0.969 bits per heavy atom. The number of aromatic amines is 1. The van der Waals surface area contributed by atoms with Gasteiger partial charge in [-0.15, -0.1) is 0 Å². The van der Waals surface area contributed by atoms with Crippen LogP contribution in [-0.4, -0.2) is 32.8 Å². The molecule has 32 heavy (non-hydrogen) atoms. The fourth-order valence-corrected chi connectivity index (χ4v) is 3.63. The molecule has 5 rings (SSSR count). The molecule has 3 amide bonds. The molecule has 0 spiro atoms. The molecule has 10 heteroatoms. The number of fused-ring (bicyclic) bond motifs is 2. The summed E-state index contributed by atoms with van der Waals surface area (Å²) >= 11 is 0. The number of nitrogens with one attached hydrogen (secondary N) is 2. The van der Waals surface area contributed by atoms with Gasteiger partial charge in [0.25, 0.3) is 23.4 Å². The van der Waals surface area contributed by atoms with Gasteiger partial charge in [0.1, 0.15) is 0 Å². The van der Waals surface area contributed by atoms with Gasteiger partial charge >= 0.3 is 0 Å². The zero-order valence-corrected chi connectivity index (χ0v) is 16.2. The number of anilines is 2. The lowest BCUT2D eigenvalue weighted by molar-refractivity contribution is -0.384. The average Bonchev–Trinajstić information content (AvgIpc) is 3.33. The van der Waals surface area contributed by atoms with Gasteiger partial charge in [-0.3, -0.25) is 29.6 Å². The third-order valence-electron chi connectivity index (χ3n) is 5.13. The maximum atomic E-state index is 12.8. The van der Waals surface area contributed by atoms with Crippen LogP contribution in [0.2, 0.25) is 0 Å². The quantitative estimate of drug-likeness (QED) is 0.290. The number of hydrogen-bond donors (Lipinski definition) is 2. The van der Waals surface area contributed by atoms with E-state index >= 15 is 0 Å². The van der Waals surface area contributed by atoms with E-state index in [-0.39, 0.29) is 11.4 Å². The summed E-state index contributed by atoms with van der Waals surface area (Å²) < 4.78 is 0. The lowest BCUT2D eigenvalue weighted by Gasteiger charge is -2.15. The number of benzene rings is 3. The second kappa shape index (κ2) is 7.13. The number of carbonyl (C=O) groups excluding carboxylic acids is 3. The number of nitro groups is 1. The summed E-state index contributed by atoms with van der Waals surface area (Å²) in [6.45, 7) is 0. The molecule has 10 nitrogen and oxygen atoms in total. The van der Waals surface area contributed by atoms with Gasteiger partial charge in [-0.1, -0.05) is 18.2 Å². The summed E-state index contributed by atoms with van der Waals surface area (Å²) in [6.07, 6.45) is 0. The topological polar surface area (TPSA) is 138 Å². The first-order valence-corrected chi connectivity index (χ1v) is 9.46. The molecule has 1 aliphatic rings. The van der Waals surface area contributed by atoms with E-state index in [4.69, 9.17) is 0 Å². The maximum absolute atomic E-state index is 12.8. The number of H-pyrrole nitrogens is 1. The van der Waals surface area contributed by atoms with Crippen LogP contribution in [0.15, 0.2) is 66.7 Å². The SMILES string of the molecule is O=C(Nc1cccc(N2C(=O)c3ccccc3C2=O)c1)c1n[nH]c2ccc([N+](=O)[O-])cc12. The largest absolute Gasteiger partial charge is 0.321 e. The van der Waals surface area contributed by atoms with Crippen LogP contribution in [0.5, 0.6) is 0 Å². The molecule has 0 radical (unpaired) electrons. The van der Waals surface area contributed by atoms with Crippen LogP contribution in [0.25, 0.3) is 10.9 Å². The predicted octanol–water partition coefficient (Wildman–Crippen LogP) is 3.52. The minimum absolute atomic E-state index is 0.0187. The summed E-state index contributed by atoms with van der Waals surface area (Å²) in [6, 6.07) is 16.9. The number of nitrogens with zero attached hydrogens (tertiary/aromatic N) is 3. The van der Waals surface area contributed by atoms with Gasteiger partial charge < -0.3 is 5.32 Å². The van der Waals surface area contributed by atoms with Crippen molar-refractivity contribution < 1.29 is 19.3 Å². The summed E-state index contributed by atoms with van der Waals surface area (Å²) in [5.74, 6) is -1.49. The molecule has 2 heterocycles. The first-order chi connectivity index (χ1) is 15.4. The Hall–Kier alpha value is -4.86. The lowest BCUT2D eigenvalue weighted by Crippen LogP contribution is -2.29. The van der Waals surface area contributed by atoms with E-state index in [0.29, 0.717) is 33.4 Å². The number of rotatable bonds is 4. The molecule has 156 valence electrons. The van der Waals surface area contributed by atoms with Crippen molar-refractivity contribution in [2.75, 3.05) is 10.2 Å². The second-order valence-corrected chi connectivity index (χ2v) is 7.05. The zero-order chi connectivity index (χ0) is 22.4. The number of carbonyl (C=O) groups is 3. The Kier molecular flexibility index (Phi) is 4.26. The van der Waals surface area contributed by atoms with E-state index < -0.39 is 22.6 Å². The monoisotopic (exact) mass is 427 g/mol. The highest BCUT2D eigenvalue weighted by Crippen LogP contribution is 2.30. The van der Waals surface area contributed by atoms with Gasteiger partial charge in [0.05, 0.1) is 27.3 Å². The van der Waals surface area contributed by atoms with Gasteiger partial charge in [0.2, 0.25) is 0 Å². The molecule has 0 bridgehead atoms. The highest BCUT2D eigenvalue weighted by atomic mass is 16.6. The number of hydrogen-bond acceptors (Lipinski definition) is 6. The molecule has 2 N–H and O–H groups in total. The molecule has 0 saturated heterocycles. The standard InChI is InChI=1S/C22H13N5O5/c28-20(19-17-11-14(27(31)32)8-9-18(17)24-25-19)23-12-4-3-5-13(10-12)26-21(29)15-6-1-2-7-16(15)22(26)30/h1-11H,(H,23,28)(H,24,25). The molecule has 3 aromatic carbocycles. The molecular formula is C22H13N5O5. The summed E-state index contributed by atoms with van der Waals surface area (Å²) in [4.78, 5) is 49.8. The number of imide groups is 1. The minimum atomic E-state index is -0.601. The van der Waals surface area contributed by atoms with Crippen molar-refractivity contribution in [2.24, 2.45) is 0 Å². The predicted molar refractivity (Wildman–Crippen MR) is 115 cm³/mol. The Morgan fingerprint density at radius 2 is 1.69 bits per heavy atom. The van der Waals surface area contributed by atoms with Crippen molar-refractivity contribution in [3.8, 4) is 0 Å². The maximum Gasteiger partial charge on any atom is 0.276 e. The van der Waals surface area contributed by atoms with E-state index in [1.54, 1.807) is 42.5 Å². The van der Waals surface area contributed by atoms with E-state index in [9.17, 15) is 24.5 Å². The van der Waals surface area contributed by atoms with E-state index in [1.807, 2.05) is 0 Å². The lowest BCUT2D eigenvalue weighted by atomic mass is 10.1. The Labute approximate surface area is 179 Å². The third kappa shape index (κ3) is 2.98. The van der Waals surface area contributed by atoms with Gasteiger partial charge in [-0.05, 0) is 36.4 Å². The van der Waals surface area contributed by atoms with Crippen molar-refractivity contribution in [3.05, 3.63) is 93.7 Å².